The SMILES string of the molecule is COc1cc2c(c3c1OC(C)(C)C3)C(c1ccc(Br)cc1)=NC(C)(C)C2. The molecule has 0 radical (unpaired) electrons. The molecular formula is C22H24BrNO2. The lowest BCUT2D eigenvalue weighted by Crippen LogP contribution is -2.30. The summed E-state index contributed by atoms with van der Waals surface area (Å²) >= 11 is 3.53. The van der Waals surface area contributed by atoms with E-state index in [1.54, 1.807) is 7.11 Å². The fraction of sp³-hybridized carbons (Fsp3) is 0.409. The summed E-state index contributed by atoms with van der Waals surface area (Å²) in [6.07, 6.45) is 1.75. The van der Waals surface area contributed by atoms with Crippen molar-refractivity contribution in [3.63, 3.8) is 0 Å². The Morgan fingerprint density at radius 2 is 1.77 bits per heavy atom. The summed E-state index contributed by atoms with van der Waals surface area (Å²) in [5.41, 5.74) is 5.56. The third kappa shape index (κ3) is 2.94. The van der Waals surface area contributed by atoms with Crippen molar-refractivity contribution in [1.82, 2.24) is 0 Å². The molecule has 2 aromatic rings. The first kappa shape index (κ1) is 17.6. The second kappa shape index (κ2) is 5.85. The number of methoxy groups -OCH3 is 1. The van der Waals surface area contributed by atoms with E-state index in [1.807, 2.05) is 0 Å². The average molecular weight is 414 g/mol. The smallest absolute Gasteiger partial charge is 0.166 e. The number of ether oxygens (including phenoxy) is 2. The van der Waals surface area contributed by atoms with Gasteiger partial charge in [0.05, 0.1) is 18.4 Å². The molecule has 0 bridgehead atoms. The van der Waals surface area contributed by atoms with Crippen molar-refractivity contribution in [3.05, 3.63) is 57.1 Å². The van der Waals surface area contributed by atoms with Gasteiger partial charge in [-0.15, -0.1) is 0 Å². The number of aliphatic imine (C=N–C) groups is 1. The van der Waals surface area contributed by atoms with Gasteiger partial charge in [0, 0.05) is 27.6 Å². The Hall–Kier alpha value is -1.81. The summed E-state index contributed by atoms with van der Waals surface area (Å²) in [7, 11) is 1.72. The number of rotatable bonds is 2. The Morgan fingerprint density at radius 3 is 2.42 bits per heavy atom. The van der Waals surface area contributed by atoms with Crippen LogP contribution in [0.4, 0.5) is 0 Å². The van der Waals surface area contributed by atoms with Gasteiger partial charge in [0.15, 0.2) is 11.5 Å². The van der Waals surface area contributed by atoms with Gasteiger partial charge in [-0.2, -0.15) is 0 Å². The van der Waals surface area contributed by atoms with Gasteiger partial charge in [-0.1, -0.05) is 28.1 Å². The molecule has 0 aromatic heterocycles. The highest BCUT2D eigenvalue weighted by atomic mass is 79.9. The number of nitrogens with zero attached hydrogens (tertiary/aromatic N) is 1. The van der Waals surface area contributed by atoms with Crippen LogP contribution in [-0.2, 0) is 12.8 Å². The second-order valence-electron chi connectivity index (χ2n) is 8.42. The standard InChI is InChI=1S/C22H24BrNO2/c1-21(2)11-14-10-17(25-5)20-16(12-22(3,4)26-20)18(14)19(24-21)13-6-8-15(23)9-7-13/h6-10H,11-12H2,1-5H3. The molecule has 0 amide bonds. The summed E-state index contributed by atoms with van der Waals surface area (Å²) < 4.78 is 13.0. The van der Waals surface area contributed by atoms with Crippen molar-refractivity contribution in [2.75, 3.05) is 7.11 Å². The van der Waals surface area contributed by atoms with Crippen LogP contribution in [0.2, 0.25) is 0 Å². The summed E-state index contributed by atoms with van der Waals surface area (Å²) in [4.78, 5) is 5.14. The molecule has 0 unspecified atom stereocenters. The van der Waals surface area contributed by atoms with Crippen molar-refractivity contribution < 1.29 is 9.47 Å². The second-order valence-corrected chi connectivity index (χ2v) is 9.33. The minimum absolute atomic E-state index is 0.149. The number of fused-ring (bicyclic) bond motifs is 3. The zero-order chi connectivity index (χ0) is 18.7. The van der Waals surface area contributed by atoms with Gasteiger partial charge in [0.25, 0.3) is 0 Å². The zero-order valence-electron chi connectivity index (χ0n) is 15.9. The summed E-state index contributed by atoms with van der Waals surface area (Å²) in [5.74, 6) is 1.71. The molecule has 3 nitrogen and oxygen atoms in total. The number of hydrogen-bond donors (Lipinski definition) is 0. The van der Waals surface area contributed by atoms with Crippen LogP contribution in [0.15, 0.2) is 39.8 Å². The molecule has 2 aliphatic rings. The fourth-order valence-electron chi connectivity index (χ4n) is 4.04. The van der Waals surface area contributed by atoms with E-state index >= 15 is 0 Å². The van der Waals surface area contributed by atoms with Crippen molar-refractivity contribution in [2.45, 2.75) is 51.7 Å². The van der Waals surface area contributed by atoms with Crippen molar-refractivity contribution in [1.29, 1.82) is 0 Å². The third-order valence-electron chi connectivity index (χ3n) is 5.02. The molecule has 0 aliphatic carbocycles. The largest absolute Gasteiger partial charge is 0.493 e. The summed E-state index contributed by atoms with van der Waals surface area (Å²) in [6.45, 7) is 8.63. The van der Waals surface area contributed by atoms with Gasteiger partial charge in [-0.25, -0.2) is 0 Å². The van der Waals surface area contributed by atoms with E-state index < -0.39 is 0 Å². The lowest BCUT2D eigenvalue weighted by molar-refractivity contribution is 0.134. The van der Waals surface area contributed by atoms with E-state index in [-0.39, 0.29) is 11.1 Å². The molecule has 0 fully saturated rings. The van der Waals surface area contributed by atoms with Crippen molar-refractivity contribution >= 4 is 21.6 Å². The van der Waals surface area contributed by atoms with Crippen molar-refractivity contribution in [3.8, 4) is 11.5 Å². The molecule has 2 aliphatic heterocycles. The van der Waals surface area contributed by atoms with Crippen molar-refractivity contribution in [2.24, 2.45) is 4.99 Å². The molecule has 0 saturated heterocycles. The number of benzene rings is 2. The van der Waals surface area contributed by atoms with Crippen LogP contribution in [0.25, 0.3) is 0 Å². The van der Waals surface area contributed by atoms with Gasteiger partial charge in [-0.05, 0) is 57.9 Å². The highest BCUT2D eigenvalue weighted by molar-refractivity contribution is 9.10. The Balaban J connectivity index is 1.98. The van der Waals surface area contributed by atoms with Crippen LogP contribution >= 0.6 is 15.9 Å². The van der Waals surface area contributed by atoms with Crippen LogP contribution < -0.4 is 9.47 Å². The van der Waals surface area contributed by atoms with Gasteiger partial charge in [0.1, 0.15) is 5.60 Å². The monoisotopic (exact) mass is 413 g/mol. The Morgan fingerprint density at radius 1 is 1.08 bits per heavy atom. The molecule has 0 spiro atoms. The van der Waals surface area contributed by atoms with Gasteiger partial charge >= 0.3 is 0 Å². The molecule has 26 heavy (non-hydrogen) atoms. The minimum Gasteiger partial charge on any atom is -0.493 e. The van der Waals surface area contributed by atoms with Gasteiger partial charge in [-0.3, -0.25) is 4.99 Å². The first-order valence-electron chi connectivity index (χ1n) is 8.97. The van der Waals surface area contributed by atoms with E-state index in [0.717, 1.165) is 40.1 Å². The Labute approximate surface area is 163 Å². The van der Waals surface area contributed by atoms with Crippen LogP contribution in [0, 0.1) is 0 Å². The first-order chi connectivity index (χ1) is 12.2. The highest BCUT2D eigenvalue weighted by Crippen LogP contribution is 2.47. The Bertz CT molecular complexity index is 911. The predicted octanol–water partition coefficient (Wildman–Crippen LogP) is 5.34. The quantitative estimate of drug-likeness (QED) is 0.664. The topological polar surface area (TPSA) is 30.8 Å². The number of hydrogen-bond acceptors (Lipinski definition) is 3. The lowest BCUT2D eigenvalue weighted by atomic mass is 9.81. The van der Waals surface area contributed by atoms with E-state index in [4.69, 9.17) is 14.5 Å². The molecule has 136 valence electrons. The van der Waals surface area contributed by atoms with E-state index in [2.05, 4.69) is 74.0 Å². The molecule has 0 saturated carbocycles. The van der Waals surface area contributed by atoms with Crippen LogP contribution in [0.1, 0.15) is 49.9 Å². The maximum atomic E-state index is 6.25. The first-order valence-corrected chi connectivity index (χ1v) is 9.76. The van der Waals surface area contributed by atoms with Crippen LogP contribution in [0.3, 0.4) is 0 Å². The van der Waals surface area contributed by atoms with Crippen LogP contribution in [0.5, 0.6) is 11.5 Å². The molecule has 2 aromatic carbocycles. The molecule has 4 rings (SSSR count). The zero-order valence-corrected chi connectivity index (χ0v) is 17.5. The molecule has 0 atom stereocenters. The summed E-state index contributed by atoms with van der Waals surface area (Å²) in [6, 6.07) is 10.6. The van der Waals surface area contributed by atoms with E-state index in [9.17, 15) is 0 Å². The highest BCUT2D eigenvalue weighted by Gasteiger charge is 2.39. The van der Waals surface area contributed by atoms with Gasteiger partial charge < -0.3 is 9.47 Å². The van der Waals surface area contributed by atoms with Gasteiger partial charge in [0.2, 0.25) is 0 Å². The fourth-order valence-corrected chi connectivity index (χ4v) is 4.30. The predicted molar refractivity (Wildman–Crippen MR) is 109 cm³/mol. The Kier molecular flexibility index (Phi) is 3.96. The molecule has 4 heteroatoms. The third-order valence-corrected chi connectivity index (χ3v) is 5.55. The minimum atomic E-state index is -0.234. The molecule has 2 heterocycles. The normalized spacial score (nSPS) is 19.2. The number of halogens is 1. The molecular weight excluding hydrogens is 390 g/mol. The average Bonchev–Trinajstić information content (AvgIpc) is 2.88. The summed E-state index contributed by atoms with van der Waals surface area (Å²) in [5, 5.41) is 0. The molecule has 0 N–H and O–H groups in total. The van der Waals surface area contributed by atoms with E-state index in [0.29, 0.717) is 0 Å². The van der Waals surface area contributed by atoms with Crippen LogP contribution in [-0.4, -0.2) is 24.0 Å². The maximum Gasteiger partial charge on any atom is 0.166 e. The van der Waals surface area contributed by atoms with E-state index in [1.165, 1.54) is 16.7 Å². The maximum absolute atomic E-state index is 6.25. The lowest BCUT2D eigenvalue weighted by Gasteiger charge is -2.31.